The lowest BCUT2D eigenvalue weighted by Gasteiger charge is -2.06. The molecule has 0 amide bonds. The van der Waals surface area contributed by atoms with E-state index in [1.165, 1.54) is 12.1 Å². The van der Waals surface area contributed by atoms with E-state index in [1.54, 1.807) is 6.07 Å². The van der Waals surface area contributed by atoms with Gasteiger partial charge in [0.1, 0.15) is 5.82 Å². The highest BCUT2D eigenvalue weighted by molar-refractivity contribution is 6.31. The molecule has 0 nitrogen and oxygen atoms in total. The Hall–Kier alpha value is -1.00. The fraction of sp³-hybridized carbons (Fsp3) is 0.200. The minimum absolute atomic E-state index is 0.0712. The van der Waals surface area contributed by atoms with Crippen molar-refractivity contribution < 1.29 is 4.39 Å². The van der Waals surface area contributed by atoms with E-state index >= 15 is 0 Å². The Labute approximate surface area is 76.4 Å². The molecule has 1 aromatic carbocycles. The minimum Gasteiger partial charge on any atom is -0.207 e. The smallest absolute Gasteiger partial charge is 0.124 e. The summed E-state index contributed by atoms with van der Waals surface area (Å²) in [6.45, 7) is 1.85. The maximum Gasteiger partial charge on any atom is 0.124 e. The molecule has 0 heterocycles. The van der Waals surface area contributed by atoms with Gasteiger partial charge in [0.15, 0.2) is 0 Å². The van der Waals surface area contributed by atoms with E-state index in [9.17, 15) is 4.39 Å². The zero-order chi connectivity index (χ0) is 9.14. The van der Waals surface area contributed by atoms with Crippen LogP contribution in [-0.4, -0.2) is 0 Å². The van der Waals surface area contributed by atoms with Gasteiger partial charge in [0, 0.05) is 10.9 Å². The Kier molecular flexibility index (Phi) is 2.73. The first kappa shape index (κ1) is 9.09. The number of halogens is 2. The van der Waals surface area contributed by atoms with E-state index in [0.717, 1.165) is 5.56 Å². The van der Waals surface area contributed by atoms with Gasteiger partial charge in [-0.3, -0.25) is 0 Å². The Morgan fingerprint density at radius 1 is 1.58 bits per heavy atom. The molecule has 0 saturated heterocycles. The second-order valence-electron chi connectivity index (χ2n) is 2.55. The van der Waals surface area contributed by atoms with Crippen LogP contribution >= 0.6 is 11.6 Å². The van der Waals surface area contributed by atoms with E-state index in [1.807, 2.05) is 6.92 Å². The van der Waals surface area contributed by atoms with Crippen molar-refractivity contribution in [3.05, 3.63) is 34.6 Å². The van der Waals surface area contributed by atoms with Crippen LogP contribution in [-0.2, 0) is 0 Å². The van der Waals surface area contributed by atoms with Crippen molar-refractivity contribution in [2.75, 3.05) is 0 Å². The Balaban J connectivity index is 3.11. The standard InChI is InChI=1S/C10H8ClF/c1-3-7(2)9-5-4-8(12)6-10(9)11/h1,4-7H,2H3. The van der Waals surface area contributed by atoms with Gasteiger partial charge in [-0.1, -0.05) is 23.6 Å². The van der Waals surface area contributed by atoms with Gasteiger partial charge in [0.25, 0.3) is 0 Å². The summed E-state index contributed by atoms with van der Waals surface area (Å²) in [6.07, 6.45) is 5.21. The Bertz CT molecular complexity index is 325. The summed E-state index contributed by atoms with van der Waals surface area (Å²) in [6, 6.07) is 4.24. The van der Waals surface area contributed by atoms with E-state index in [2.05, 4.69) is 5.92 Å². The van der Waals surface area contributed by atoms with E-state index < -0.39 is 0 Å². The topological polar surface area (TPSA) is 0 Å². The van der Waals surface area contributed by atoms with E-state index in [-0.39, 0.29) is 11.7 Å². The molecule has 0 aliphatic heterocycles. The van der Waals surface area contributed by atoms with Crippen molar-refractivity contribution in [3.8, 4) is 12.3 Å². The van der Waals surface area contributed by atoms with Gasteiger partial charge < -0.3 is 0 Å². The number of hydrogen-bond donors (Lipinski definition) is 0. The van der Waals surface area contributed by atoms with E-state index in [0.29, 0.717) is 5.02 Å². The van der Waals surface area contributed by atoms with Gasteiger partial charge in [-0.05, 0) is 24.6 Å². The Morgan fingerprint density at radius 2 is 2.25 bits per heavy atom. The number of benzene rings is 1. The molecule has 1 rings (SSSR count). The highest BCUT2D eigenvalue weighted by atomic mass is 35.5. The van der Waals surface area contributed by atoms with Crippen LogP contribution in [0, 0.1) is 18.2 Å². The first-order chi connectivity index (χ1) is 5.65. The van der Waals surface area contributed by atoms with Crippen LogP contribution in [0.3, 0.4) is 0 Å². The predicted molar refractivity (Wildman–Crippen MR) is 48.7 cm³/mol. The molecule has 0 N–H and O–H groups in total. The van der Waals surface area contributed by atoms with Gasteiger partial charge in [0.05, 0.1) is 0 Å². The van der Waals surface area contributed by atoms with Crippen LogP contribution in [0.1, 0.15) is 18.4 Å². The molecule has 0 aliphatic rings. The van der Waals surface area contributed by atoms with E-state index in [4.69, 9.17) is 18.0 Å². The van der Waals surface area contributed by atoms with Crippen LogP contribution in [0.2, 0.25) is 5.02 Å². The lowest BCUT2D eigenvalue weighted by Crippen LogP contribution is -1.91. The molecule has 0 radical (unpaired) electrons. The third kappa shape index (κ3) is 1.78. The average Bonchev–Trinajstić information content (AvgIpc) is 2.03. The summed E-state index contributed by atoms with van der Waals surface area (Å²) >= 11 is 5.77. The van der Waals surface area contributed by atoms with Crippen molar-refractivity contribution in [2.45, 2.75) is 12.8 Å². The van der Waals surface area contributed by atoms with Crippen LogP contribution in [0.15, 0.2) is 18.2 Å². The molecule has 0 fully saturated rings. The molecule has 1 aromatic rings. The maximum absolute atomic E-state index is 12.6. The lowest BCUT2D eigenvalue weighted by atomic mass is 10.0. The summed E-state index contributed by atoms with van der Waals surface area (Å²) in [5.74, 6) is 2.12. The maximum atomic E-state index is 12.6. The van der Waals surface area contributed by atoms with Gasteiger partial charge >= 0.3 is 0 Å². The molecule has 62 valence electrons. The zero-order valence-electron chi connectivity index (χ0n) is 6.64. The molecule has 0 bridgehead atoms. The van der Waals surface area contributed by atoms with Crippen LogP contribution in [0.25, 0.3) is 0 Å². The van der Waals surface area contributed by atoms with Gasteiger partial charge in [-0.25, -0.2) is 4.39 Å². The molecule has 12 heavy (non-hydrogen) atoms. The SMILES string of the molecule is C#CC(C)c1ccc(F)cc1Cl. The average molecular weight is 183 g/mol. The Morgan fingerprint density at radius 3 is 2.75 bits per heavy atom. The van der Waals surface area contributed by atoms with Crippen molar-refractivity contribution in [2.24, 2.45) is 0 Å². The summed E-state index contributed by atoms with van der Waals surface area (Å²) in [4.78, 5) is 0. The molecule has 0 saturated carbocycles. The molecule has 1 unspecified atom stereocenters. The number of hydrogen-bond acceptors (Lipinski definition) is 0. The fourth-order valence-electron chi connectivity index (χ4n) is 0.942. The lowest BCUT2D eigenvalue weighted by molar-refractivity contribution is 0.627. The molecule has 1 atom stereocenters. The number of terminal acetylenes is 1. The van der Waals surface area contributed by atoms with Crippen molar-refractivity contribution in [1.29, 1.82) is 0 Å². The highest BCUT2D eigenvalue weighted by Gasteiger charge is 2.06. The second kappa shape index (κ2) is 3.60. The quantitative estimate of drug-likeness (QED) is 0.585. The summed E-state index contributed by atoms with van der Waals surface area (Å²) in [7, 11) is 0. The summed E-state index contributed by atoms with van der Waals surface area (Å²) < 4.78 is 12.6. The molecule has 0 aliphatic carbocycles. The van der Waals surface area contributed by atoms with Gasteiger partial charge in [-0.2, -0.15) is 0 Å². The third-order valence-corrected chi connectivity index (χ3v) is 2.01. The van der Waals surface area contributed by atoms with Crippen LogP contribution < -0.4 is 0 Å². The highest BCUT2D eigenvalue weighted by Crippen LogP contribution is 2.24. The molecular weight excluding hydrogens is 175 g/mol. The molecule has 2 heteroatoms. The summed E-state index contributed by atoms with van der Waals surface area (Å²) in [5, 5.41) is 0.389. The monoisotopic (exact) mass is 182 g/mol. The normalized spacial score (nSPS) is 12.2. The first-order valence-electron chi connectivity index (χ1n) is 3.56. The summed E-state index contributed by atoms with van der Waals surface area (Å²) in [5.41, 5.74) is 0.792. The van der Waals surface area contributed by atoms with Gasteiger partial charge in [-0.15, -0.1) is 6.42 Å². The molecule has 0 aromatic heterocycles. The second-order valence-corrected chi connectivity index (χ2v) is 2.96. The van der Waals surface area contributed by atoms with Crippen molar-refractivity contribution in [1.82, 2.24) is 0 Å². The minimum atomic E-state index is -0.340. The predicted octanol–water partition coefficient (Wildman–Crippen LogP) is 3.22. The van der Waals surface area contributed by atoms with Crippen LogP contribution in [0.4, 0.5) is 4.39 Å². The first-order valence-corrected chi connectivity index (χ1v) is 3.94. The zero-order valence-corrected chi connectivity index (χ0v) is 7.40. The third-order valence-electron chi connectivity index (χ3n) is 1.68. The van der Waals surface area contributed by atoms with Crippen molar-refractivity contribution in [3.63, 3.8) is 0 Å². The fourth-order valence-corrected chi connectivity index (χ4v) is 1.27. The van der Waals surface area contributed by atoms with Crippen LogP contribution in [0.5, 0.6) is 0 Å². The number of rotatable bonds is 1. The molecular formula is C10H8ClF. The van der Waals surface area contributed by atoms with Gasteiger partial charge in [0.2, 0.25) is 0 Å². The largest absolute Gasteiger partial charge is 0.207 e. The molecule has 0 spiro atoms. The van der Waals surface area contributed by atoms with Crippen molar-refractivity contribution >= 4 is 11.6 Å².